The van der Waals surface area contributed by atoms with Crippen LogP contribution in [0.4, 0.5) is 0 Å². The van der Waals surface area contributed by atoms with Gasteiger partial charge in [0.25, 0.3) is 0 Å². The highest BCUT2D eigenvalue weighted by Gasteiger charge is 2.03. The molecule has 3 heteroatoms. The molecular formula is C12H26O3. The van der Waals surface area contributed by atoms with Crippen molar-refractivity contribution in [3.63, 3.8) is 0 Å². The molecule has 0 aromatic carbocycles. The number of ether oxygens (including phenoxy) is 2. The van der Waals surface area contributed by atoms with Gasteiger partial charge in [0, 0.05) is 7.11 Å². The minimum atomic E-state index is -0.302. The number of unbranched alkanes of at least 4 members (excludes halogenated alkanes) is 4. The average Bonchev–Trinajstić information content (AvgIpc) is 2.24. The maximum Gasteiger partial charge on any atom is 0.0773 e. The SMILES string of the molecule is CCCCCCCC(O)COCCOC. The number of aliphatic hydroxyl groups excluding tert-OH is 1. The van der Waals surface area contributed by atoms with Crippen LogP contribution in [0, 0.1) is 0 Å². The van der Waals surface area contributed by atoms with Crippen molar-refractivity contribution in [1.29, 1.82) is 0 Å². The second kappa shape index (κ2) is 12.0. The first-order chi connectivity index (χ1) is 7.31. The molecule has 1 atom stereocenters. The fourth-order valence-corrected chi connectivity index (χ4v) is 1.43. The van der Waals surface area contributed by atoms with Gasteiger partial charge in [0.1, 0.15) is 0 Å². The van der Waals surface area contributed by atoms with E-state index >= 15 is 0 Å². The molecule has 1 N–H and O–H groups in total. The monoisotopic (exact) mass is 218 g/mol. The summed E-state index contributed by atoms with van der Waals surface area (Å²) in [6, 6.07) is 0. The molecule has 3 nitrogen and oxygen atoms in total. The van der Waals surface area contributed by atoms with Crippen LogP contribution in [-0.4, -0.2) is 38.1 Å². The van der Waals surface area contributed by atoms with E-state index in [0.717, 1.165) is 12.8 Å². The lowest BCUT2D eigenvalue weighted by Crippen LogP contribution is -2.16. The number of aliphatic hydroxyl groups is 1. The Kier molecular flexibility index (Phi) is 11.9. The van der Waals surface area contributed by atoms with Crippen molar-refractivity contribution in [2.45, 2.75) is 51.6 Å². The minimum Gasteiger partial charge on any atom is -0.391 e. The second-order valence-electron chi connectivity index (χ2n) is 3.92. The van der Waals surface area contributed by atoms with E-state index < -0.39 is 0 Å². The molecule has 0 saturated heterocycles. The first kappa shape index (κ1) is 14.9. The highest BCUT2D eigenvalue weighted by atomic mass is 16.5. The van der Waals surface area contributed by atoms with E-state index in [-0.39, 0.29) is 6.10 Å². The summed E-state index contributed by atoms with van der Waals surface area (Å²) in [4.78, 5) is 0. The Morgan fingerprint density at radius 1 is 1.07 bits per heavy atom. The van der Waals surface area contributed by atoms with Crippen molar-refractivity contribution in [1.82, 2.24) is 0 Å². The number of hydrogen-bond acceptors (Lipinski definition) is 3. The Morgan fingerprint density at radius 3 is 2.47 bits per heavy atom. The van der Waals surface area contributed by atoms with Crippen molar-refractivity contribution in [3.05, 3.63) is 0 Å². The predicted molar refractivity (Wildman–Crippen MR) is 62.1 cm³/mol. The van der Waals surface area contributed by atoms with Gasteiger partial charge in [-0.1, -0.05) is 39.0 Å². The van der Waals surface area contributed by atoms with Gasteiger partial charge in [-0.05, 0) is 6.42 Å². The number of methoxy groups -OCH3 is 1. The van der Waals surface area contributed by atoms with Gasteiger partial charge in [-0.2, -0.15) is 0 Å². The summed E-state index contributed by atoms with van der Waals surface area (Å²) in [5.74, 6) is 0. The zero-order valence-corrected chi connectivity index (χ0v) is 10.2. The van der Waals surface area contributed by atoms with Crippen molar-refractivity contribution in [2.24, 2.45) is 0 Å². The van der Waals surface area contributed by atoms with Gasteiger partial charge < -0.3 is 14.6 Å². The highest BCUT2D eigenvalue weighted by Crippen LogP contribution is 2.07. The maximum absolute atomic E-state index is 9.54. The maximum atomic E-state index is 9.54. The molecule has 0 aromatic rings. The van der Waals surface area contributed by atoms with Crippen LogP contribution in [0.1, 0.15) is 45.4 Å². The molecule has 0 heterocycles. The van der Waals surface area contributed by atoms with E-state index in [1.807, 2.05) is 0 Å². The van der Waals surface area contributed by atoms with E-state index in [0.29, 0.717) is 19.8 Å². The Hall–Kier alpha value is -0.120. The minimum absolute atomic E-state index is 0.302. The predicted octanol–water partition coefficient (Wildman–Crippen LogP) is 2.37. The summed E-state index contributed by atoms with van der Waals surface area (Å²) in [7, 11) is 1.65. The van der Waals surface area contributed by atoms with Gasteiger partial charge in [-0.3, -0.25) is 0 Å². The van der Waals surface area contributed by atoms with Crippen LogP contribution in [0.2, 0.25) is 0 Å². The molecule has 15 heavy (non-hydrogen) atoms. The van der Waals surface area contributed by atoms with Crippen LogP contribution in [0.5, 0.6) is 0 Å². The van der Waals surface area contributed by atoms with Crippen LogP contribution in [0.3, 0.4) is 0 Å². The van der Waals surface area contributed by atoms with Gasteiger partial charge in [0.2, 0.25) is 0 Å². The Labute approximate surface area is 93.8 Å². The molecular weight excluding hydrogens is 192 g/mol. The molecule has 0 rings (SSSR count). The smallest absolute Gasteiger partial charge is 0.0773 e. The Morgan fingerprint density at radius 2 is 1.80 bits per heavy atom. The second-order valence-corrected chi connectivity index (χ2v) is 3.92. The van der Waals surface area contributed by atoms with Crippen LogP contribution >= 0.6 is 0 Å². The summed E-state index contributed by atoms with van der Waals surface area (Å²) >= 11 is 0. The summed E-state index contributed by atoms with van der Waals surface area (Å²) in [5.41, 5.74) is 0. The zero-order chi connectivity index (χ0) is 11.4. The third-order valence-corrected chi connectivity index (χ3v) is 2.38. The largest absolute Gasteiger partial charge is 0.391 e. The highest BCUT2D eigenvalue weighted by molar-refractivity contribution is 4.54. The van der Waals surface area contributed by atoms with Crippen LogP contribution in [0.15, 0.2) is 0 Å². The standard InChI is InChI=1S/C12H26O3/c1-3-4-5-6-7-8-12(13)11-15-10-9-14-2/h12-13H,3-11H2,1-2H3. The summed E-state index contributed by atoms with van der Waals surface area (Å²) in [5, 5.41) is 9.54. The molecule has 0 aliphatic rings. The van der Waals surface area contributed by atoms with E-state index in [9.17, 15) is 5.11 Å². The molecule has 92 valence electrons. The van der Waals surface area contributed by atoms with Gasteiger partial charge >= 0.3 is 0 Å². The summed E-state index contributed by atoms with van der Waals surface area (Å²) < 4.78 is 10.1. The quantitative estimate of drug-likeness (QED) is 0.541. The molecule has 0 radical (unpaired) electrons. The molecule has 0 spiro atoms. The van der Waals surface area contributed by atoms with E-state index in [4.69, 9.17) is 9.47 Å². The Bertz CT molecular complexity index is 117. The molecule has 0 amide bonds. The lowest BCUT2D eigenvalue weighted by molar-refractivity contribution is 0.00955. The molecule has 0 fully saturated rings. The lowest BCUT2D eigenvalue weighted by Gasteiger charge is -2.10. The number of hydrogen-bond donors (Lipinski definition) is 1. The van der Waals surface area contributed by atoms with E-state index in [1.54, 1.807) is 7.11 Å². The van der Waals surface area contributed by atoms with Crippen molar-refractivity contribution >= 4 is 0 Å². The van der Waals surface area contributed by atoms with Gasteiger partial charge in [0.15, 0.2) is 0 Å². The Balaban J connectivity index is 3.08. The summed E-state index contributed by atoms with van der Waals surface area (Å²) in [6.45, 7) is 3.82. The van der Waals surface area contributed by atoms with Crippen LogP contribution in [-0.2, 0) is 9.47 Å². The van der Waals surface area contributed by atoms with Crippen molar-refractivity contribution < 1.29 is 14.6 Å². The number of rotatable bonds is 11. The van der Waals surface area contributed by atoms with Crippen LogP contribution < -0.4 is 0 Å². The van der Waals surface area contributed by atoms with Crippen LogP contribution in [0.25, 0.3) is 0 Å². The molecule has 1 unspecified atom stereocenters. The molecule has 0 bridgehead atoms. The van der Waals surface area contributed by atoms with Gasteiger partial charge in [-0.15, -0.1) is 0 Å². The normalized spacial score (nSPS) is 13.0. The van der Waals surface area contributed by atoms with Crippen molar-refractivity contribution in [3.8, 4) is 0 Å². The fraction of sp³-hybridized carbons (Fsp3) is 1.00. The fourth-order valence-electron chi connectivity index (χ4n) is 1.43. The molecule has 0 aromatic heterocycles. The average molecular weight is 218 g/mol. The first-order valence-electron chi connectivity index (χ1n) is 6.06. The van der Waals surface area contributed by atoms with E-state index in [2.05, 4.69) is 6.92 Å². The van der Waals surface area contributed by atoms with Crippen molar-refractivity contribution in [2.75, 3.05) is 26.9 Å². The third kappa shape index (κ3) is 11.8. The van der Waals surface area contributed by atoms with Gasteiger partial charge in [-0.25, -0.2) is 0 Å². The molecule has 0 aliphatic carbocycles. The zero-order valence-electron chi connectivity index (χ0n) is 10.2. The molecule has 0 aliphatic heterocycles. The summed E-state index contributed by atoms with van der Waals surface area (Å²) in [6.07, 6.45) is 6.74. The first-order valence-corrected chi connectivity index (χ1v) is 6.06. The van der Waals surface area contributed by atoms with E-state index in [1.165, 1.54) is 25.7 Å². The van der Waals surface area contributed by atoms with Gasteiger partial charge in [0.05, 0.1) is 25.9 Å². The topological polar surface area (TPSA) is 38.7 Å². The molecule has 0 saturated carbocycles. The third-order valence-electron chi connectivity index (χ3n) is 2.38. The lowest BCUT2D eigenvalue weighted by atomic mass is 10.1.